The number of furan rings is 1. The van der Waals surface area contributed by atoms with E-state index in [0.29, 0.717) is 39.2 Å². The first-order chi connectivity index (χ1) is 17.4. The van der Waals surface area contributed by atoms with Crippen molar-refractivity contribution in [1.29, 1.82) is 0 Å². The van der Waals surface area contributed by atoms with Crippen molar-refractivity contribution in [3.63, 3.8) is 0 Å². The van der Waals surface area contributed by atoms with Gasteiger partial charge in [-0.3, -0.25) is 25.2 Å². The van der Waals surface area contributed by atoms with Gasteiger partial charge in [0, 0.05) is 5.39 Å². The summed E-state index contributed by atoms with van der Waals surface area (Å²) in [6, 6.07) is 18.1. The fraction of sp³-hybridized carbons (Fsp3) is 0.185. The molecular weight excluding hydrogens is 460 g/mol. The van der Waals surface area contributed by atoms with Crippen molar-refractivity contribution in [3.8, 4) is 17.2 Å². The van der Waals surface area contributed by atoms with E-state index in [1.54, 1.807) is 74.5 Å². The Morgan fingerprint density at radius 1 is 0.889 bits per heavy atom. The predicted molar refractivity (Wildman–Crippen MR) is 134 cm³/mol. The number of rotatable bonds is 7. The molecule has 0 aliphatic rings. The summed E-state index contributed by atoms with van der Waals surface area (Å²) in [6.45, 7) is 3.58. The highest BCUT2D eigenvalue weighted by molar-refractivity contribution is 6.07. The first-order valence-electron chi connectivity index (χ1n) is 11.4. The number of pyridine rings is 1. The maximum Gasteiger partial charge on any atom is 0.270 e. The van der Waals surface area contributed by atoms with E-state index in [0.717, 1.165) is 0 Å². The lowest BCUT2D eigenvalue weighted by Gasteiger charge is -2.22. The topological polar surface area (TPSA) is 123 Å². The second-order valence-electron chi connectivity index (χ2n) is 8.39. The van der Waals surface area contributed by atoms with Gasteiger partial charge in [0.1, 0.15) is 17.5 Å². The Morgan fingerprint density at radius 2 is 1.64 bits per heavy atom. The van der Waals surface area contributed by atoms with Crippen LogP contribution in [0.25, 0.3) is 22.4 Å². The lowest BCUT2D eigenvalue weighted by Crippen LogP contribution is -2.54. The fourth-order valence-corrected chi connectivity index (χ4v) is 3.76. The van der Waals surface area contributed by atoms with Gasteiger partial charge in [-0.05, 0) is 42.3 Å². The molecule has 0 aliphatic carbocycles. The number of hydrogen-bond acceptors (Lipinski definition) is 6. The molecule has 36 heavy (non-hydrogen) atoms. The fourth-order valence-electron chi connectivity index (χ4n) is 3.76. The summed E-state index contributed by atoms with van der Waals surface area (Å²) in [6.07, 6.45) is 1.53. The molecule has 3 N–H and O–H groups in total. The van der Waals surface area contributed by atoms with E-state index in [9.17, 15) is 14.4 Å². The Bertz CT molecular complexity index is 1400. The summed E-state index contributed by atoms with van der Waals surface area (Å²) in [5.74, 6) is -0.913. The van der Waals surface area contributed by atoms with Crippen molar-refractivity contribution in [2.24, 2.45) is 5.92 Å². The number of para-hydroxylation sites is 2. The third kappa shape index (κ3) is 5.20. The number of aromatic nitrogens is 1. The third-order valence-electron chi connectivity index (χ3n) is 5.62. The quantitative estimate of drug-likeness (QED) is 0.342. The van der Waals surface area contributed by atoms with Crippen molar-refractivity contribution >= 4 is 28.6 Å². The molecule has 3 amide bonds. The number of fused-ring (bicyclic) bond motifs is 1. The monoisotopic (exact) mass is 486 g/mol. The second kappa shape index (κ2) is 10.7. The van der Waals surface area contributed by atoms with Crippen molar-refractivity contribution in [2.75, 3.05) is 7.11 Å². The molecule has 0 aliphatic heterocycles. The highest BCUT2D eigenvalue weighted by Gasteiger charge is 2.26. The van der Waals surface area contributed by atoms with Crippen molar-refractivity contribution in [3.05, 3.63) is 84.1 Å². The summed E-state index contributed by atoms with van der Waals surface area (Å²) in [5, 5.41) is 3.34. The molecule has 9 nitrogen and oxygen atoms in total. The molecule has 0 radical (unpaired) electrons. The smallest absolute Gasteiger partial charge is 0.270 e. The van der Waals surface area contributed by atoms with Crippen LogP contribution in [-0.4, -0.2) is 35.9 Å². The molecule has 4 aromatic rings. The van der Waals surface area contributed by atoms with Crippen LogP contribution in [0.1, 0.15) is 34.6 Å². The minimum atomic E-state index is -0.907. The van der Waals surface area contributed by atoms with E-state index >= 15 is 0 Å². The average molecular weight is 487 g/mol. The second-order valence-corrected chi connectivity index (χ2v) is 8.39. The summed E-state index contributed by atoms with van der Waals surface area (Å²) >= 11 is 0. The summed E-state index contributed by atoms with van der Waals surface area (Å²) in [4.78, 5) is 43.5. The number of methoxy groups -OCH3 is 1. The van der Waals surface area contributed by atoms with Gasteiger partial charge in [0.25, 0.3) is 17.7 Å². The number of amides is 3. The van der Waals surface area contributed by atoms with Crippen molar-refractivity contribution < 1.29 is 23.5 Å². The van der Waals surface area contributed by atoms with Gasteiger partial charge in [-0.1, -0.05) is 44.2 Å². The molecule has 2 aromatic carbocycles. The van der Waals surface area contributed by atoms with E-state index in [4.69, 9.17) is 9.15 Å². The van der Waals surface area contributed by atoms with Gasteiger partial charge >= 0.3 is 0 Å². The van der Waals surface area contributed by atoms with Gasteiger partial charge in [0.2, 0.25) is 0 Å². The predicted octanol–water partition coefficient (Wildman–Crippen LogP) is 3.72. The Balaban J connectivity index is 1.51. The Kier molecular flexibility index (Phi) is 7.29. The summed E-state index contributed by atoms with van der Waals surface area (Å²) < 4.78 is 10.7. The average Bonchev–Trinajstić information content (AvgIpc) is 3.44. The highest BCUT2D eigenvalue weighted by Crippen LogP contribution is 2.25. The molecule has 0 unspecified atom stereocenters. The van der Waals surface area contributed by atoms with Gasteiger partial charge < -0.3 is 14.5 Å². The Labute approximate surface area is 207 Å². The molecule has 0 saturated heterocycles. The van der Waals surface area contributed by atoms with E-state index in [1.807, 2.05) is 6.07 Å². The van der Waals surface area contributed by atoms with E-state index in [-0.39, 0.29) is 5.92 Å². The number of hydrogen-bond donors (Lipinski definition) is 3. The number of benzene rings is 2. The number of ether oxygens (including phenoxy) is 1. The number of nitrogens with zero attached hydrogens (tertiary/aromatic N) is 1. The van der Waals surface area contributed by atoms with E-state index in [1.165, 1.54) is 13.4 Å². The zero-order valence-corrected chi connectivity index (χ0v) is 20.1. The minimum Gasteiger partial charge on any atom is -0.496 e. The number of hydrazine groups is 1. The SMILES string of the molecule is COc1ccccc1C(=O)N[C@H](C(=O)NNC(=O)c1cc(-c2ccco2)nc2ccccc12)C(C)C. The molecule has 184 valence electrons. The van der Waals surface area contributed by atoms with Gasteiger partial charge in [0.05, 0.1) is 30.0 Å². The van der Waals surface area contributed by atoms with Gasteiger partial charge in [0.15, 0.2) is 5.76 Å². The first-order valence-corrected chi connectivity index (χ1v) is 11.4. The molecule has 0 saturated carbocycles. The largest absolute Gasteiger partial charge is 0.496 e. The molecule has 0 fully saturated rings. The zero-order chi connectivity index (χ0) is 25.7. The van der Waals surface area contributed by atoms with Crippen LogP contribution in [0.15, 0.2) is 77.4 Å². The molecular formula is C27H26N4O5. The third-order valence-corrected chi connectivity index (χ3v) is 5.62. The van der Waals surface area contributed by atoms with E-state index in [2.05, 4.69) is 21.2 Å². The number of nitrogens with one attached hydrogen (secondary N) is 3. The first kappa shape index (κ1) is 24.5. The normalized spacial score (nSPS) is 11.7. The molecule has 2 heterocycles. The van der Waals surface area contributed by atoms with Crippen LogP contribution < -0.4 is 20.9 Å². The summed E-state index contributed by atoms with van der Waals surface area (Å²) in [7, 11) is 1.47. The molecule has 4 rings (SSSR count). The lowest BCUT2D eigenvalue weighted by atomic mass is 10.0. The van der Waals surface area contributed by atoms with Crippen LogP contribution in [0, 0.1) is 5.92 Å². The highest BCUT2D eigenvalue weighted by atomic mass is 16.5. The van der Waals surface area contributed by atoms with Crippen LogP contribution in [0.3, 0.4) is 0 Å². The van der Waals surface area contributed by atoms with Crippen molar-refractivity contribution in [2.45, 2.75) is 19.9 Å². The molecule has 1 atom stereocenters. The lowest BCUT2D eigenvalue weighted by molar-refractivity contribution is -0.124. The van der Waals surface area contributed by atoms with Crippen LogP contribution in [0.5, 0.6) is 5.75 Å². The minimum absolute atomic E-state index is 0.257. The molecule has 0 spiro atoms. The van der Waals surface area contributed by atoms with E-state index < -0.39 is 23.8 Å². The van der Waals surface area contributed by atoms with Crippen LogP contribution in [0.2, 0.25) is 0 Å². The van der Waals surface area contributed by atoms with Gasteiger partial charge in [-0.25, -0.2) is 4.98 Å². The molecule has 2 aromatic heterocycles. The zero-order valence-electron chi connectivity index (χ0n) is 20.1. The number of carbonyl (C=O) groups excluding carboxylic acids is 3. The molecule has 0 bridgehead atoms. The van der Waals surface area contributed by atoms with Crippen LogP contribution in [-0.2, 0) is 4.79 Å². The van der Waals surface area contributed by atoms with Crippen LogP contribution in [0.4, 0.5) is 0 Å². The summed E-state index contributed by atoms with van der Waals surface area (Å²) in [5.41, 5.74) is 6.60. The number of carbonyl (C=O) groups is 3. The molecule has 9 heteroatoms. The maximum atomic E-state index is 13.1. The maximum absolute atomic E-state index is 13.1. The Hall–Kier alpha value is -4.66. The van der Waals surface area contributed by atoms with Gasteiger partial charge in [-0.15, -0.1) is 0 Å². The standard InChI is InChI=1S/C27H26N4O5/c1-16(2)24(29-25(32)18-10-5-7-12-22(18)35-3)27(34)31-30-26(33)19-15-21(23-13-8-14-36-23)28-20-11-6-4-9-17(19)20/h4-16,24H,1-3H3,(H,29,32)(H,30,33)(H,31,34)/t24-/m0/s1. The van der Waals surface area contributed by atoms with Crippen molar-refractivity contribution in [1.82, 2.24) is 21.2 Å². The van der Waals surface area contributed by atoms with Crippen LogP contribution >= 0.6 is 0 Å². The Morgan fingerprint density at radius 3 is 2.36 bits per heavy atom. The van der Waals surface area contributed by atoms with Gasteiger partial charge in [-0.2, -0.15) is 0 Å².